The zero-order valence-electron chi connectivity index (χ0n) is 10.6. The van der Waals surface area contributed by atoms with Gasteiger partial charge in [-0.2, -0.15) is 0 Å². The second-order valence-electron chi connectivity index (χ2n) is 3.94. The van der Waals surface area contributed by atoms with Crippen molar-refractivity contribution in [3.63, 3.8) is 0 Å². The number of carbonyl (C=O) groups excluding carboxylic acids is 1. The molecule has 0 radical (unpaired) electrons. The van der Waals surface area contributed by atoms with Gasteiger partial charge >= 0.3 is 5.97 Å². The largest absolute Gasteiger partial charge is 0.480 e. The first-order valence-electron chi connectivity index (χ1n) is 5.63. The van der Waals surface area contributed by atoms with Crippen molar-refractivity contribution in [1.82, 2.24) is 4.90 Å². The molecule has 0 saturated heterocycles. The summed E-state index contributed by atoms with van der Waals surface area (Å²) in [6, 6.07) is 4.39. The zero-order valence-corrected chi connectivity index (χ0v) is 10.6. The minimum atomic E-state index is -1.16. The van der Waals surface area contributed by atoms with Crippen LogP contribution in [0.1, 0.15) is 22.8 Å². The Morgan fingerprint density at radius 2 is 2.05 bits per heavy atom. The van der Waals surface area contributed by atoms with Crippen LogP contribution in [0.5, 0.6) is 0 Å². The predicted molar refractivity (Wildman–Crippen MR) is 67.0 cm³/mol. The van der Waals surface area contributed by atoms with Crippen molar-refractivity contribution in [2.45, 2.75) is 13.8 Å². The smallest absolute Gasteiger partial charge is 0.323 e. The molecular formula is C12H14N2O5. The third kappa shape index (κ3) is 3.27. The van der Waals surface area contributed by atoms with E-state index in [1.807, 2.05) is 0 Å². The van der Waals surface area contributed by atoms with Crippen molar-refractivity contribution in [2.75, 3.05) is 13.1 Å². The van der Waals surface area contributed by atoms with Crippen LogP contribution in [0.2, 0.25) is 0 Å². The van der Waals surface area contributed by atoms with E-state index < -0.39 is 23.3 Å². The number of benzene rings is 1. The Labute approximate surface area is 109 Å². The second kappa shape index (κ2) is 5.94. The molecule has 19 heavy (non-hydrogen) atoms. The Balaban J connectivity index is 3.22. The van der Waals surface area contributed by atoms with E-state index in [0.717, 1.165) is 4.90 Å². The topological polar surface area (TPSA) is 101 Å². The molecule has 0 heterocycles. The maximum absolute atomic E-state index is 12.1. The highest BCUT2D eigenvalue weighted by Crippen LogP contribution is 2.24. The number of aryl methyl sites for hydroxylation is 1. The van der Waals surface area contributed by atoms with Crippen LogP contribution in [-0.4, -0.2) is 39.9 Å². The first-order valence-corrected chi connectivity index (χ1v) is 5.63. The molecule has 0 aromatic heterocycles. The molecule has 0 aliphatic carbocycles. The van der Waals surface area contributed by atoms with E-state index in [-0.39, 0.29) is 17.8 Å². The molecule has 7 heteroatoms. The Hall–Kier alpha value is -2.44. The molecular weight excluding hydrogens is 252 g/mol. The monoisotopic (exact) mass is 266 g/mol. The summed E-state index contributed by atoms with van der Waals surface area (Å²) in [7, 11) is 0. The van der Waals surface area contributed by atoms with Gasteiger partial charge in [0, 0.05) is 12.1 Å². The molecule has 1 rings (SSSR count). The minimum absolute atomic E-state index is 0.0897. The van der Waals surface area contributed by atoms with Gasteiger partial charge in [-0.3, -0.25) is 19.7 Å². The van der Waals surface area contributed by atoms with Crippen molar-refractivity contribution in [2.24, 2.45) is 0 Å². The summed E-state index contributed by atoms with van der Waals surface area (Å²) in [6.07, 6.45) is 0. The van der Waals surface area contributed by atoms with Crippen molar-refractivity contribution in [1.29, 1.82) is 0 Å². The Morgan fingerprint density at radius 1 is 1.42 bits per heavy atom. The fourth-order valence-corrected chi connectivity index (χ4v) is 1.73. The first kappa shape index (κ1) is 14.6. The van der Waals surface area contributed by atoms with E-state index in [9.17, 15) is 19.7 Å². The third-order valence-corrected chi connectivity index (χ3v) is 2.65. The summed E-state index contributed by atoms with van der Waals surface area (Å²) < 4.78 is 0. The van der Waals surface area contributed by atoms with Crippen LogP contribution in [-0.2, 0) is 4.79 Å². The van der Waals surface area contributed by atoms with Crippen LogP contribution in [0, 0.1) is 17.0 Å². The maximum atomic E-state index is 12.1. The normalized spacial score (nSPS) is 10.0. The fourth-order valence-electron chi connectivity index (χ4n) is 1.73. The summed E-state index contributed by atoms with van der Waals surface area (Å²) in [5, 5.41) is 19.7. The van der Waals surface area contributed by atoms with E-state index in [1.165, 1.54) is 25.1 Å². The van der Waals surface area contributed by atoms with Crippen LogP contribution in [0.3, 0.4) is 0 Å². The number of rotatable bonds is 5. The highest BCUT2D eigenvalue weighted by molar-refractivity contribution is 5.99. The van der Waals surface area contributed by atoms with Gasteiger partial charge in [0.15, 0.2) is 0 Å². The van der Waals surface area contributed by atoms with Gasteiger partial charge in [-0.1, -0.05) is 12.1 Å². The summed E-state index contributed by atoms with van der Waals surface area (Å²) in [5.74, 6) is -1.81. The number of nitrogens with zero attached hydrogens (tertiary/aromatic N) is 2. The number of carbonyl (C=O) groups is 2. The highest BCUT2D eigenvalue weighted by atomic mass is 16.6. The van der Waals surface area contributed by atoms with E-state index in [2.05, 4.69) is 0 Å². The number of amides is 1. The van der Waals surface area contributed by atoms with E-state index in [0.29, 0.717) is 5.56 Å². The molecule has 7 nitrogen and oxygen atoms in total. The molecule has 0 aliphatic rings. The first-order chi connectivity index (χ1) is 8.88. The summed E-state index contributed by atoms with van der Waals surface area (Å²) in [5.41, 5.74) is -0.00772. The summed E-state index contributed by atoms with van der Waals surface area (Å²) in [6.45, 7) is 2.82. The number of aliphatic carboxylic acids is 1. The molecule has 1 aromatic carbocycles. The molecule has 1 aromatic rings. The third-order valence-electron chi connectivity index (χ3n) is 2.65. The summed E-state index contributed by atoms with van der Waals surface area (Å²) >= 11 is 0. The molecule has 0 spiro atoms. The second-order valence-corrected chi connectivity index (χ2v) is 3.94. The number of nitro groups is 1. The van der Waals surface area contributed by atoms with Gasteiger partial charge in [-0.05, 0) is 19.9 Å². The Bertz CT molecular complexity index is 527. The zero-order chi connectivity index (χ0) is 14.6. The molecule has 102 valence electrons. The molecule has 1 N–H and O–H groups in total. The standard InChI is InChI=1S/C12H14N2O5/c1-3-13(7-10(15)16)12(17)9-6-4-5-8(2)11(9)14(18)19/h4-6H,3,7H2,1-2H3,(H,15,16). The number of nitro benzene ring substituents is 1. The van der Waals surface area contributed by atoms with Crippen molar-refractivity contribution in [3.05, 3.63) is 39.4 Å². The van der Waals surface area contributed by atoms with Crippen LogP contribution in [0.4, 0.5) is 5.69 Å². The lowest BCUT2D eigenvalue weighted by atomic mass is 10.1. The number of carboxylic acids is 1. The predicted octanol–water partition coefficient (Wildman–Crippen LogP) is 1.45. The van der Waals surface area contributed by atoms with Crippen molar-refractivity contribution >= 4 is 17.6 Å². The van der Waals surface area contributed by atoms with Gasteiger partial charge in [0.05, 0.1) is 4.92 Å². The van der Waals surface area contributed by atoms with Gasteiger partial charge in [0.1, 0.15) is 12.1 Å². The molecule has 0 saturated carbocycles. The lowest BCUT2D eigenvalue weighted by Gasteiger charge is -2.18. The van der Waals surface area contributed by atoms with E-state index >= 15 is 0 Å². The Kier molecular flexibility index (Phi) is 4.57. The van der Waals surface area contributed by atoms with Crippen molar-refractivity contribution < 1.29 is 19.6 Å². The van der Waals surface area contributed by atoms with Gasteiger partial charge in [0.2, 0.25) is 0 Å². The van der Waals surface area contributed by atoms with Crippen LogP contribution < -0.4 is 0 Å². The lowest BCUT2D eigenvalue weighted by Crippen LogP contribution is -2.35. The Morgan fingerprint density at radius 3 is 2.53 bits per heavy atom. The lowest BCUT2D eigenvalue weighted by molar-refractivity contribution is -0.385. The van der Waals surface area contributed by atoms with E-state index in [1.54, 1.807) is 6.92 Å². The number of carboxylic acid groups (broad SMARTS) is 1. The average Bonchev–Trinajstić information content (AvgIpc) is 2.34. The van der Waals surface area contributed by atoms with Gasteiger partial charge < -0.3 is 10.0 Å². The minimum Gasteiger partial charge on any atom is -0.480 e. The van der Waals surface area contributed by atoms with Crippen molar-refractivity contribution in [3.8, 4) is 0 Å². The number of para-hydroxylation sites is 1. The van der Waals surface area contributed by atoms with E-state index in [4.69, 9.17) is 5.11 Å². The molecule has 0 fully saturated rings. The molecule has 0 atom stereocenters. The average molecular weight is 266 g/mol. The van der Waals surface area contributed by atoms with Gasteiger partial charge in [0.25, 0.3) is 11.6 Å². The number of hydrogen-bond donors (Lipinski definition) is 1. The molecule has 0 aliphatic heterocycles. The van der Waals surface area contributed by atoms with Crippen LogP contribution in [0.15, 0.2) is 18.2 Å². The quantitative estimate of drug-likeness (QED) is 0.642. The van der Waals surface area contributed by atoms with Crippen LogP contribution in [0.25, 0.3) is 0 Å². The SMILES string of the molecule is CCN(CC(=O)O)C(=O)c1cccc(C)c1[N+](=O)[O-]. The number of hydrogen-bond acceptors (Lipinski definition) is 4. The molecule has 0 unspecified atom stereocenters. The maximum Gasteiger partial charge on any atom is 0.323 e. The molecule has 0 bridgehead atoms. The van der Waals surface area contributed by atoms with Gasteiger partial charge in [-0.25, -0.2) is 0 Å². The highest BCUT2D eigenvalue weighted by Gasteiger charge is 2.26. The fraction of sp³-hybridized carbons (Fsp3) is 0.333. The van der Waals surface area contributed by atoms with Gasteiger partial charge in [-0.15, -0.1) is 0 Å². The number of likely N-dealkylation sites (N-methyl/N-ethyl adjacent to an activating group) is 1. The summed E-state index contributed by atoms with van der Waals surface area (Å²) in [4.78, 5) is 34.2. The molecule has 1 amide bonds. The van der Waals surface area contributed by atoms with Crippen LogP contribution >= 0.6 is 0 Å².